The Hall–Kier alpha value is -2.64. The molecule has 114 valence electrons. The summed E-state index contributed by atoms with van der Waals surface area (Å²) in [6, 6.07) is 2.78. The van der Waals surface area contributed by atoms with Gasteiger partial charge in [-0.05, 0) is 19.1 Å². The molecule has 1 rings (SSSR count). The van der Waals surface area contributed by atoms with E-state index >= 15 is 0 Å². The monoisotopic (exact) mass is 298 g/mol. The van der Waals surface area contributed by atoms with Crippen LogP contribution in [0.25, 0.3) is 0 Å². The molecular weight excluding hydrogens is 283 g/mol. The van der Waals surface area contributed by atoms with Gasteiger partial charge in [-0.1, -0.05) is 6.07 Å². The number of urea groups is 1. The average molecular weight is 298 g/mol. The summed E-state index contributed by atoms with van der Waals surface area (Å²) in [4.78, 5) is 35.3. The number of hydrogen-bond donors (Lipinski definition) is 2. The summed E-state index contributed by atoms with van der Waals surface area (Å²) < 4.78 is 17.9. The SMILES string of the molecule is CCN(CC(=O)OC)C(=O)Nc1cccc(F)c1C(=O)O. The van der Waals surface area contributed by atoms with Crippen LogP contribution >= 0.6 is 0 Å². The second kappa shape index (κ2) is 7.22. The summed E-state index contributed by atoms with van der Waals surface area (Å²) in [5.74, 6) is -3.08. The van der Waals surface area contributed by atoms with Crippen LogP contribution in [0.2, 0.25) is 0 Å². The maximum absolute atomic E-state index is 13.5. The second-order valence-electron chi connectivity index (χ2n) is 3.99. The van der Waals surface area contributed by atoms with Crippen LogP contribution in [0.15, 0.2) is 18.2 Å². The lowest BCUT2D eigenvalue weighted by Crippen LogP contribution is -2.39. The van der Waals surface area contributed by atoms with Crippen molar-refractivity contribution in [3.63, 3.8) is 0 Å². The van der Waals surface area contributed by atoms with Crippen LogP contribution in [0, 0.1) is 5.82 Å². The van der Waals surface area contributed by atoms with Crippen molar-refractivity contribution in [2.75, 3.05) is 25.5 Å². The van der Waals surface area contributed by atoms with E-state index < -0.39 is 29.4 Å². The number of halogens is 1. The number of methoxy groups -OCH3 is 1. The van der Waals surface area contributed by atoms with Gasteiger partial charge in [0.15, 0.2) is 0 Å². The number of benzene rings is 1. The number of esters is 1. The first kappa shape index (κ1) is 16.4. The predicted molar refractivity (Wildman–Crippen MR) is 71.6 cm³/mol. The summed E-state index contributed by atoms with van der Waals surface area (Å²) >= 11 is 0. The Morgan fingerprint density at radius 2 is 2.05 bits per heavy atom. The fourth-order valence-corrected chi connectivity index (χ4v) is 1.59. The van der Waals surface area contributed by atoms with Gasteiger partial charge in [-0.25, -0.2) is 14.0 Å². The Labute approximate surface area is 120 Å². The highest BCUT2D eigenvalue weighted by atomic mass is 19.1. The van der Waals surface area contributed by atoms with Gasteiger partial charge in [0.05, 0.1) is 12.8 Å². The van der Waals surface area contributed by atoms with Crippen molar-refractivity contribution in [1.82, 2.24) is 4.90 Å². The molecule has 0 aromatic heterocycles. The van der Waals surface area contributed by atoms with E-state index in [0.29, 0.717) is 0 Å². The number of hydrogen-bond acceptors (Lipinski definition) is 4. The molecule has 1 aromatic rings. The molecule has 0 unspecified atom stereocenters. The van der Waals surface area contributed by atoms with E-state index in [9.17, 15) is 18.8 Å². The Kier molecular flexibility index (Phi) is 5.65. The van der Waals surface area contributed by atoms with E-state index in [1.165, 1.54) is 19.2 Å². The van der Waals surface area contributed by atoms with Crippen molar-refractivity contribution in [3.05, 3.63) is 29.6 Å². The third kappa shape index (κ3) is 4.16. The maximum atomic E-state index is 13.5. The molecule has 7 nitrogen and oxygen atoms in total. The molecule has 2 amide bonds. The van der Waals surface area contributed by atoms with Crippen molar-refractivity contribution < 1.29 is 28.6 Å². The first-order valence-corrected chi connectivity index (χ1v) is 6.05. The van der Waals surface area contributed by atoms with Gasteiger partial charge in [0, 0.05) is 6.54 Å². The van der Waals surface area contributed by atoms with Gasteiger partial charge in [-0.15, -0.1) is 0 Å². The summed E-state index contributed by atoms with van der Waals surface area (Å²) in [7, 11) is 1.18. The Balaban J connectivity index is 2.94. The average Bonchev–Trinajstić information content (AvgIpc) is 2.43. The summed E-state index contributed by atoms with van der Waals surface area (Å²) in [6.45, 7) is 1.53. The van der Waals surface area contributed by atoms with Crippen molar-refractivity contribution in [1.29, 1.82) is 0 Å². The molecule has 0 fully saturated rings. The summed E-state index contributed by atoms with van der Waals surface area (Å²) in [6.07, 6.45) is 0. The fourth-order valence-electron chi connectivity index (χ4n) is 1.59. The summed E-state index contributed by atoms with van der Waals surface area (Å²) in [5, 5.41) is 11.2. The van der Waals surface area contributed by atoms with Crippen LogP contribution in [-0.4, -0.2) is 48.2 Å². The number of amides is 2. The number of aromatic carboxylic acids is 1. The van der Waals surface area contributed by atoms with Crippen molar-refractivity contribution >= 4 is 23.7 Å². The number of anilines is 1. The number of carboxylic acid groups (broad SMARTS) is 1. The van der Waals surface area contributed by atoms with Gasteiger partial charge in [0.1, 0.15) is 17.9 Å². The van der Waals surface area contributed by atoms with E-state index in [1.807, 2.05) is 0 Å². The quantitative estimate of drug-likeness (QED) is 0.804. The Bertz CT molecular complexity index is 561. The maximum Gasteiger partial charge on any atom is 0.340 e. The zero-order valence-electron chi connectivity index (χ0n) is 11.6. The third-order valence-electron chi connectivity index (χ3n) is 2.69. The highest BCUT2D eigenvalue weighted by molar-refractivity contribution is 6.00. The Morgan fingerprint density at radius 1 is 1.38 bits per heavy atom. The first-order chi connectivity index (χ1) is 9.90. The normalized spacial score (nSPS) is 9.86. The molecule has 1 aromatic carbocycles. The largest absolute Gasteiger partial charge is 0.478 e. The van der Waals surface area contributed by atoms with Gasteiger partial charge < -0.3 is 20.1 Å². The van der Waals surface area contributed by atoms with Crippen LogP contribution in [-0.2, 0) is 9.53 Å². The minimum atomic E-state index is -1.50. The van der Waals surface area contributed by atoms with Crippen LogP contribution < -0.4 is 5.32 Å². The third-order valence-corrected chi connectivity index (χ3v) is 2.69. The van der Waals surface area contributed by atoms with Gasteiger partial charge in [0.2, 0.25) is 0 Å². The molecular formula is C13H15FN2O5. The molecule has 0 heterocycles. The summed E-state index contributed by atoms with van der Waals surface area (Å²) in [5.41, 5.74) is -0.823. The molecule has 0 saturated carbocycles. The van der Waals surface area contributed by atoms with Gasteiger partial charge in [0.25, 0.3) is 0 Å². The van der Waals surface area contributed by atoms with E-state index in [0.717, 1.165) is 11.0 Å². The number of ether oxygens (including phenoxy) is 1. The van der Waals surface area contributed by atoms with Crippen molar-refractivity contribution in [3.8, 4) is 0 Å². The fraction of sp³-hybridized carbons (Fsp3) is 0.308. The molecule has 0 bridgehead atoms. The highest BCUT2D eigenvalue weighted by Gasteiger charge is 2.20. The standard InChI is InChI=1S/C13H15FN2O5/c1-3-16(7-10(17)21-2)13(20)15-9-6-4-5-8(14)11(9)12(18)19/h4-6H,3,7H2,1-2H3,(H,15,20)(H,18,19). The number of nitrogens with zero attached hydrogens (tertiary/aromatic N) is 1. The zero-order chi connectivity index (χ0) is 16.0. The van der Waals surface area contributed by atoms with Crippen molar-refractivity contribution in [2.24, 2.45) is 0 Å². The number of carboxylic acids is 1. The molecule has 0 atom stereocenters. The van der Waals surface area contributed by atoms with E-state index in [4.69, 9.17) is 5.11 Å². The van der Waals surface area contributed by atoms with E-state index in [-0.39, 0.29) is 18.8 Å². The van der Waals surface area contributed by atoms with Gasteiger partial charge in [-0.3, -0.25) is 4.79 Å². The zero-order valence-corrected chi connectivity index (χ0v) is 11.6. The molecule has 0 aliphatic carbocycles. The number of rotatable bonds is 5. The molecule has 8 heteroatoms. The molecule has 2 N–H and O–H groups in total. The molecule has 0 spiro atoms. The molecule has 0 aliphatic heterocycles. The van der Waals surface area contributed by atoms with Crippen molar-refractivity contribution in [2.45, 2.75) is 6.92 Å². The van der Waals surface area contributed by atoms with Crippen LogP contribution in [0.4, 0.5) is 14.9 Å². The van der Waals surface area contributed by atoms with Crippen LogP contribution in [0.3, 0.4) is 0 Å². The van der Waals surface area contributed by atoms with E-state index in [2.05, 4.69) is 10.1 Å². The lowest BCUT2D eigenvalue weighted by atomic mass is 10.1. The van der Waals surface area contributed by atoms with Crippen LogP contribution in [0.1, 0.15) is 17.3 Å². The smallest absolute Gasteiger partial charge is 0.340 e. The highest BCUT2D eigenvalue weighted by Crippen LogP contribution is 2.19. The molecule has 21 heavy (non-hydrogen) atoms. The number of carbonyl (C=O) groups excluding carboxylic acids is 2. The minimum Gasteiger partial charge on any atom is -0.478 e. The molecule has 0 radical (unpaired) electrons. The molecule has 0 saturated heterocycles. The lowest BCUT2D eigenvalue weighted by molar-refractivity contribution is -0.141. The predicted octanol–water partition coefficient (Wildman–Crippen LogP) is 1.55. The lowest BCUT2D eigenvalue weighted by Gasteiger charge is -2.20. The minimum absolute atomic E-state index is 0.184. The van der Waals surface area contributed by atoms with Gasteiger partial charge in [-0.2, -0.15) is 0 Å². The Morgan fingerprint density at radius 3 is 2.57 bits per heavy atom. The number of likely N-dealkylation sites (N-methyl/N-ethyl adjacent to an activating group) is 1. The van der Waals surface area contributed by atoms with Crippen LogP contribution in [0.5, 0.6) is 0 Å². The van der Waals surface area contributed by atoms with Gasteiger partial charge >= 0.3 is 18.0 Å². The van der Waals surface area contributed by atoms with E-state index in [1.54, 1.807) is 6.92 Å². The topological polar surface area (TPSA) is 95.9 Å². The number of nitrogens with one attached hydrogen (secondary N) is 1. The first-order valence-electron chi connectivity index (χ1n) is 6.05. The second-order valence-corrected chi connectivity index (χ2v) is 3.99. The molecule has 0 aliphatic rings. The number of carbonyl (C=O) groups is 3.